The SMILES string of the molecule is [2H]C([2H])(CN=C(N)/N=C(\N)Nc1ccc(Cl)cc1)C([2H])([2H])C([2H])([2H])C([2H])([2H])CN=C(N)/N=C(\N)Nc1ccc(Cl)cc1. The lowest BCUT2D eigenvalue weighted by Crippen LogP contribution is -2.26. The number of nitrogens with zero attached hydrogens (tertiary/aromatic N) is 4. The van der Waals surface area contributed by atoms with Crippen molar-refractivity contribution in [1.82, 2.24) is 0 Å². The van der Waals surface area contributed by atoms with Crippen LogP contribution in [0, 0.1) is 0 Å². The van der Waals surface area contributed by atoms with Gasteiger partial charge in [0, 0.05) is 45.5 Å². The highest BCUT2D eigenvalue weighted by Gasteiger charge is 1.99. The highest BCUT2D eigenvalue weighted by molar-refractivity contribution is 6.31. The molecule has 0 spiro atoms. The molecule has 0 amide bonds. The molecular formula is C22H30Cl2N10. The summed E-state index contributed by atoms with van der Waals surface area (Å²) in [5, 5.41) is 6.39. The molecule has 10 N–H and O–H groups in total. The van der Waals surface area contributed by atoms with E-state index in [1.807, 2.05) is 0 Å². The number of rotatable bonds is 9. The number of nitrogens with one attached hydrogen (secondary N) is 2. The van der Waals surface area contributed by atoms with Gasteiger partial charge in [-0.2, -0.15) is 9.98 Å². The van der Waals surface area contributed by atoms with Crippen molar-refractivity contribution in [2.75, 3.05) is 23.7 Å². The number of hydrogen-bond donors (Lipinski definition) is 6. The molecule has 12 heteroatoms. The predicted octanol–water partition coefficient (Wildman–Crippen LogP) is 3.34. The smallest absolute Gasteiger partial charge is 0.218 e. The van der Waals surface area contributed by atoms with Gasteiger partial charge in [-0.1, -0.05) is 35.9 Å². The van der Waals surface area contributed by atoms with E-state index < -0.39 is 50.5 Å². The van der Waals surface area contributed by atoms with E-state index >= 15 is 0 Å². The van der Waals surface area contributed by atoms with Gasteiger partial charge >= 0.3 is 0 Å². The zero-order valence-corrected chi connectivity index (χ0v) is 19.4. The van der Waals surface area contributed by atoms with Crippen LogP contribution < -0.4 is 33.6 Å². The molecule has 0 saturated heterocycles. The van der Waals surface area contributed by atoms with Gasteiger partial charge < -0.3 is 33.6 Å². The first kappa shape index (κ1) is 17.0. The van der Waals surface area contributed by atoms with Gasteiger partial charge in [0.15, 0.2) is 0 Å². The first-order chi connectivity index (χ1) is 19.3. The monoisotopic (exact) mass is 512 g/mol. The fraction of sp³-hybridized carbons (Fsp3) is 0.273. The second kappa shape index (κ2) is 14.6. The van der Waals surface area contributed by atoms with Gasteiger partial charge in [-0.25, -0.2) is 0 Å². The Hall–Kier alpha value is -3.50. The molecule has 2 rings (SSSR count). The third-order valence-corrected chi connectivity index (χ3v) is 4.09. The van der Waals surface area contributed by atoms with Gasteiger partial charge in [0.25, 0.3) is 0 Å². The first-order valence-corrected chi connectivity index (χ1v) is 10.4. The molecular weight excluding hydrogens is 475 g/mol. The molecule has 0 heterocycles. The molecule has 0 aliphatic heterocycles. The van der Waals surface area contributed by atoms with Crippen LogP contribution in [0.1, 0.15) is 36.5 Å². The second-order valence-corrected chi connectivity index (χ2v) is 7.08. The Morgan fingerprint density at radius 2 is 1.00 bits per heavy atom. The Morgan fingerprint density at radius 3 is 1.35 bits per heavy atom. The fourth-order valence-electron chi connectivity index (χ4n) is 2.14. The van der Waals surface area contributed by atoms with Gasteiger partial charge in [-0.3, -0.25) is 9.98 Å². The third-order valence-electron chi connectivity index (χ3n) is 3.58. The summed E-state index contributed by atoms with van der Waals surface area (Å²) in [4.78, 5) is 14.8. The molecule has 2 aromatic rings. The van der Waals surface area contributed by atoms with Crippen LogP contribution in [-0.2, 0) is 0 Å². The van der Waals surface area contributed by atoms with Crippen LogP contribution >= 0.6 is 23.2 Å². The number of anilines is 2. The molecule has 0 atom stereocenters. The number of hydrogen-bond acceptors (Lipinski definition) is 2. The van der Waals surface area contributed by atoms with Gasteiger partial charge in [-0.05, 0) is 61.3 Å². The van der Waals surface area contributed by atoms with Crippen molar-refractivity contribution in [3.63, 3.8) is 0 Å². The second-order valence-electron chi connectivity index (χ2n) is 6.21. The Kier molecular flexibility index (Phi) is 7.31. The van der Waals surface area contributed by atoms with Gasteiger partial charge in [-0.15, -0.1) is 0 Å². The molecule has 0 unspecified atom stereocenters. The molecule has 2 aromatic carbocycles. The first-order valence-electron chi connectivity index (χ1n) is 13.6. The topological polar surface area (TPSA) is 178 Å². The zero-order valence-electron chi connectivity index (χ0n) is 25.9. The summed E-state index contributed by atoms with van der Waals surface area (Å²) in [6.45, 7) is -2.02. The summed E-state index contributed by atoms with van der Waals surface area (Å²) < 4.78 is 65.5. The van der Waals surface area contributed by atoms with E-state index in [1.54, 1.807) is 48.5 Å². The minimum Gasteiger partial charge on any atom is -0.369 e. The zero-order chi connectivity index (χ0) is 31.9. The van der Waals surface area contributed by atoms with Crippen LogP contribution in [0.4, 0.5) is 11.4 Å². The van der Waals surface area contributed by atoms with E-state index in [-0.39, 0.29) is 11.9 Å². The third kappa shape index (κ3) is 11.4. The highest BCUT2D eigenvalue weighted by atomic mass is 35.5. The van der Waals surface area contributed by atoms with E-state index in [1.165, 1.54) is 0 Å². The predicted molar refractivity (Wildman–Crippen MR) is 145 cm³/mol. The lowest BCUT2D eigenvalue weighted by atomic mass is 10.2. The van der Waals surface area contributed by atoms with E-state index in [0.29, 0.717) is 21.4 Å². The largest absolute Gasteiger partial charge is 0.369 e. The molecule has 0 aliphatic carbocycles. The summed E-state index contributed by atoms with van der Waals surface area (Å²) in [6.07, 6.45) is -13.0. The van der Waals surface area contributed by atoms with Crippen LogP contribution in [0.25, 0.3) is 0 Å². The number of halogens is 2. The highest BCUT2D eigenvalue weighted by Crippen LogP contribution is 2.13. The van der Waals surface area contributed by atoms with Crippen molar-refractivity contribution in [2.45, 2.75) is 25.5 Å². The van der Waals surface area contributed by atoms with Crippen molar-refractivity contribution in [1.29, 1.82) is 0 Å². The van der Waals surface area contributed by atoms with E-state index in [4.69, 9.17) is 57.1 Å². The van der Waals surface area contributed by atoms with Gasteiger partial charge in [0.2, 0.25) is 23.8 Å². The Bertz CT molecular complexity index is 1240. The van der Waals surface area contributed by atoms with E-state index in [2.05, 4.69) is 30.6 Å². The lowest BCUT2D eigenvalue weighted by Gasteiger charge is -2.05. The molecule has 10 nitrogen and oxygen atoms in total. The lowest BCUT2D eigenvalue weighted by molar-refractivity contribution is 0.653. The van der Waals surface area contributed by atoms with Crippen molar-refractivity contribution >= 4 is 58.4 Å². The standard InChI is InChI=1S/C22H30Cl2N10/c23-15-5-9-17(10-6-15)31-21(27)33-19(25)29-13-3-1-2-4-14-30-20(26)34-22(28)32-18-11-7-16(24)8-12-18/h5-12H,1-4,13-14H2,(H5,25,27,29,31,33)(H5,26,28,30,32,34)/i1D2,2D2,3D2,4D2. The van der Waals surface area contributed by atoms with Gasteiger partial charge in [0.05, 0.1) is 0 Å². The Balaban J connectivity index is 2.12. The number of benzene rings is 2. The van der Waals surface area contributed by atoms with Crippen molar-refractivity contribution in [2.24, 2.45) is 42.9 Å². The molecule has 0 bridgehead atoms. The van der Waals surface area contributed by atoms with E-state index in [9.17, 15) is 0 Å². The van der Waals surface area contributed by atoms with Crippen LogP contribution in [0.3, 0.4) is 0 Å². The Morgan fingerprint density at radius 1 is 0.647 bits per heavy atom. The molecule has 0 fully saturated rings. The number of aliphatic imine (C=N–C) groups is 4. The Labute approximate surface area is 220 Å². The molecule has 0 radical (unpaired) electrons. The van der Waals surface area contributed by atoms with Gasteiger partial charge in [0.1, 0.15) is 0 Å². The summed E-state index contributed by atoms with van der Waals surface area (Å²) in [6, 6.07) is 12.8. The summed E-state index contributed by atoms with van der Waals surface area (Å²) in [7, 11) is 0. The van der Waals surface area contributed by atoms with Crippen molar-refractivity contribution in [3.05, 3.63) is 58.6 Å². The fourth-order valence-corrected chi connectivity index (χ4v) is 2.40. The molecule has 182 valence electrons. The normalized spacial score (nSPS) is 18.3. The average Bonchev–Trinajstić information content (AvgIpc) is 2.88. The quantitative estimate of drug-likeness (QED) is 0.221. The maximum absolute atomic E-state index is 8.21. The van der Waals surface area contributed by atoms with Crippen molar-refractivity contribution in [3.8, 4) is 0 Å². The number of guanidine groups is 4. The molecule has 0 saturated carbocycles. The minimum absolute atomic E-state index is 0.212. The van der Waals surface area contributed by atoms with Crippen LogP contribution in [0.5, 0.6) is 0 Å². The number of nitrogens with two attached hydrogens (primary N) is 4. The van der Waals surface area contributed by atoms with Crippen LogP contribution in [0.2, 0.25) is 10.0 Å². The summed E-state index contributed by atoms with van der Waals surface area (Å²) >= 11 is 11.6. The van der Waals surface area contributed by atoms with Crippen LogP contribution in [0.15, 0.2) is 68.5 Å². The summed E-state index contributed by atoms with van der Waals surface area (Å²) in [5.41, 5.74) is 23.9. The maximum atomic E-state index is 8.21. The minimum atomic E-state index is -3.45. The average molecular weight is 514 g/mol. The molecule has 0 aromatic heterocycles. The molecule has 34 heavy (non-hydrogen) atoms. The maximum Gasteiger partial charge on any atom is 0.218 e. The van der Waals surface area contributed by atoms with Crippen molar-refractivity contribution < 1.29 is 11.0 Å². The summed E-state index contributed by atoms with van der Waals surface area (Å²) in [5.74, 6) is -1.48. The van der Waals surface area contributed by atoms with Crippen LogP contribution in [-0.4, -0.2) is 36.9 Å². The van der Waals surface area contributed by atoms with E-state index in [0.717, 1.165) is 0 Å². The molecule has 0 aliphatic rings.